The monoisotopic (exact) mass is 160 g/mol. The normalized spacial score (nSPS) is 14.3. The lowest BCUT2D eigenvalue weighted by Gasteiger charge is -2.06. The summed E-state index contributed by atoms with van der Waals surface area (Å²) in [5, 5.41) is 0.612. The quantitative estimate of drug-likeness (QED) is 0.571. The molecule has 0 N–H and O–H groups in total. The minimum absolute atomic E-state index is 0.612. The molecular formula is C8H16OS. The summed E-state index contributed by atoms with van der Waals surface area (Å²) < 4.78 is 4.99. The number of methoxy groups -OCH3 is 1. The van der Waals surface area contributed by atoms with Crippen LogP contribution < -0.4 is 0 Å². The molecule has 0 saturated carbocycles. The fourth-order valence-corrected chi connectivity index (χ4v) is 1.46. The van der Waals surface area contributed by atoms with Gasteiger partial charge in [0.15, 0.2) is 0 Å². The summed E-state index contributed by atoms with van der Waals surface area (Å²) in [5.41, 5.74) is 0. The van der Waals surface area contributed by atoms with Crippen molar-refractivity contribution in [2.24, 2.45) is 0 Å². The van der Waals surface area contributed by atoms with Crippen LogP contribution in [0.2, 0.25) is 0 Å². The number of hydrogen-bond donors (Lipinski definition) is 0. The van der Waals surface area contributed by atoms with Crippen LogP contribution in [0, 0.1) is 0 Å². The Hall–Kier alpha value is 0.0500. The van der Waals surface area contributed by atoms with Gasteiger partial charge in [-0.25, -0.2) is 0 Å². The Labute approximate surface area is 67.8 Å². The molecule has 0 heterocycles. The largest absolute Gasteiger partial charge is 0.384 e. The van der Waals surface area contributed by atoms with E-state index in [0.717, 1.165) is 12.4 Å². The third-order valence-corrected chi connectivity index (χ3v) is 2.20. The molecule has 0 rings (SSSR count). The van der Waals surface area contributed by atoms with Crippen LogP contribution in [0.3, 0.4) is 0 Å². The van der Waals surface area contributed by atoms with Gasteiger partial charge < -0.3 is 4.74 Å². The van der Waals surface area contributed by atoms with Gasteiger partial charge in [-0.1, -0.05) is 19.1 Å². The Morgan fingerprint density at radius 3 is 2.80 bits per heavy atom. The minimum Gasteiger partial charge on any atom is -0.384 e. The summed E-state index contributed by atoms with van der Waals surface area (Å²) in [4.78, 5) is 0. The van der Waals surface area contributed by atoms with Crippen LogP contribution in [0.5, 0.6) is 0 Å². The fourth-order valence-electron chi connectivity index (χ4n) is 0.599. The number of thioether (sulfide) groups is 1. The van der Waals surface area contributed by atoms with Crippen LogP contribution in [-0.2, 0) is 4.74 Å². The molecule has 0 fully saturated rings. The SMILES string of the molecule is C/C=C/CSC(C)COC. The second kappa shape index (κ2) is 7.16. The van der Waals surface area contributed by atoms with Crippen LogP contribution in [0.25, 0.3) is 0 Å². The lowest BCUT2D eigenvalue weighted by atomic mass is 10.5. The van der Waals surface area contributed by atoms with E-state index in [9.17, 15) is 0 Å². The summed E-state index contributed by atoms with van der Waals surface area (Å²) in [7, 11) is 1.74. The molecule has 0 amide bonds. The molecule has 10 heavy (non-hydrogen) atoms. The van der Waals surface area contributed by atoms with Gasteiger partial charge in [-0.05, 0) is 6.92 Å². The number of rotatable bonds is 5. The first-order valence-corrected chi connectivity index (χ1v) is 4.57. The van der Waals surface area contributed by atoms with Crippen molar-refractivity contribution >= 4 is 11.8 Å². The number of allylic oxidation sites excluding steroid dienone is 1. The van der Waals surface area contributed by atoms with E-state index in [1.165, 1.54) is 0 Å². The third kappa shape index (κ3) is 6.17. The predicted molar refractivity (Wildman–Crippen MR) is 48.6 cm³/mol. The Bertz CT molecular complexity index is 91.3. The summed E-state index contributed by atoms with van der Waals surface area (Å²) in [6.45, 7) is 5.07. The van der Waals surface area contributed by atoms with E-state index in [-0.39, 0.29) is 0 Å². The van der Waals surface area contributed by atoms with Crippen molar-refractivity contribution in [3.63, 3.8) is 0 Å². The molecule has 0 spiro atoms. The fraction of sp³-hybridized carbons (Fsp3) is 0.750. The Morgan fingerprint density at radius 2 is 2.30 bits per heavy atom. The molecule has 0 aromatic rings. The molecular weight excluding hydrogens is 144 g/mol. The first-order valence-electron chi connectivity index (χ1n) is 3.53. The van der Waals surface area contributed by atoms with Crippen LogP contribution >= 0.6 is 11.8 Å². The van der Waals surface area contributed by atoms with Gasteiger partial charge in [-0.3, -0.25) is 0 Å². The van der Waals surface area contributed by atoms with E-state index in [1.807, 2.05) is 18.7 Å². The first kappa shape index (κ1) is 10.0. The average Bonchev–Trinajstić information content (AvgIpc) is 1.89. The lowest BCUT2D eigenvalue weighted by Crippen LogP contribution is -2.05. The van der Waals surface area contributed by atoms with Crippen molar-refractivity contribution in [3.05, 3.63) is 12.2 Å². The maximum Gasteiger partial charge on any atom is 0.0578 e. The summed E-state index contributed by atoms with van der Waals surface area (Å²) >= 11 is 1.91. The molecule has 1 unspecified atom stereocenters. The second-order valence-electron chi connectivity index (χ2n) is 2.17. The van der Waals surface area contributed by atoms with Crippen LogP contribution in [0.1, 0.15) is 13.8 Å². The van der Waals surface area contributed by atoms with Crippen LogP contribution in [-0.4, -0.2) is 24.7 Å². The molecule has 1 atom stereocenters. The number of ether oxygens (including phenoxy) is 1. The van der Waals surface area contributed by atoms with E-state index < -0.39 is 0 Å². The Balaban J connectivity index is 3.12. The van der Waals surface area contributed by atoms with E-state index in [4.69, 9.17) is 4.74 Å². The van der Waals surface area contributed by atoms with Crippen molar-refractivity contribution in [1.82, 2.24) is 0 Å². The zero-order chi connectivity index (χ0) is 7.82. The highest BCUT2D eigenvalue weighted by molar-refractivity contribution is 8.00. The summed E-state index contributed by atoms with van der Waals surface area (Å²) in [5.74, 6) is 1.10. The molecule has 0 bridgehead atoms. The Morgan fingerprint density at radius 1 is 1.60 bits per heavy atom. The molecule has 0 aliphatic carbocycles. The van der Waals surface area contributed by atoms with Gasteiger partial charge in [-0.15, -0.1) is 0 Å². The van der Waals surface area contributed by atoms with Crippen molar-refractivity contribution < 1.29 is 4.74 Å². The molecule has 1 nitrogen and oxygen atoms in total. The molecule has 60 valence electrons. The highest BCUT2D eigenvalue weighted by atomic mass is 32.2. The van der Waals surface area contributed by atoms with Gasteiger partial charge in [0, 0.05) is 18.1 Å². The van der Waals surface area contributed by atoms with Crippen molar-refractivity contribution in [2.75, 3.05) is 19.5 Å². The maximum absolute atomic E-state index is 4.99. The van der Waals surface area contributed by atoms with Gasteiger partial charge >= 0.3 is 0 Å². The van der Waals surface area contributed by atoms with Crippen molar-refractivity contribution in [3.8, 4) is 0 Å². The summed E-state index contributed by atoms with van der Waals surface area (Å²) in [6, 6.07) is 0. The van der Waals surface area contributed by atoms with E-state index in [1.54, 1.807) is 7.11 Å². The highest BCUT2D eigenvalue weighted by Crippen LogP contribution is 2.09. The zero-order valence-electron chi connectivity index (χ0n) is 6.96. The van der Waals surface area contributed by atoms with Crippen molar-refractivity contribution in [1.29, 1.82) is 0 Å². The zero-order valence-corrected chi connectivity index (χ0v) is 7.78. The average molecular weight is 160 g/mol. The van der Waals surface area contributed by atoms with Gasteiger partial charge in [0.05, 0.1) is 6.61 Å². The van der Waals surface area contributed by atoms with Gasteiger partial charge in [0.2, 0.25) is 0 Å². The smallest absolute Gasteiger partial charge is 0.0578 e. The van der Waals surface area contributed by atoms with Crippen LogP contribution in [0.4, 0.5) is 0 Å². The van der Waals surface area contributed by atoms with Gasteiger partial charge in [0.25, 0.3) is 0 Å². The standard InChI is InChI=1S/C8H16OS/c1-4-5-6-10-8(2)7-9-3/h4-5,8H,6-7H2,1-3H3/b5-4+. The molecule has 0 aromatic carbocycles. The number of hydrogen-bond acceptors (Lipinski definition) is 2. The molecule has 0 radical (unpaired) electrons. The lowest BCUT2D eigenvalue weighted by molar-refractivity contribution is 0.203. The maximum atomic E-state index is 4.99. The van der Waals surface area contributed by atoms with Crippen molar-refractivity contribution in [2.45, 2.75) is 19.1 Å². The van der Waals surface area contributed by atoms with Gasteiger partial charge in [-0.2, -0.15) is 11.8 Å². The Kier molecular flexibility index (Phi) is 7.20. The summed E-state index contributed by atoms with van der Waals surface area (Å²) in [6.07, 6.45) is 4.24. The minimum atomic E-state index is 0.612. The molecule has 0 aliphatic heterocycles. The van der Waals surface area contributed by atoms with E-state index in [2.05, 4.69) is 19.1 Å². The third-order valence-electron chi connectivity index (χ3n) is 1.11. The van der Waals surface area contributed by atoms with Crippen LogP contribution in [0.15, 0.2) is 12.2 Å². The molecule has 0 saturated heterocycles. The first-order chi connectivity index (χ1) is 4.81. The second-order valence-corrected chi connectivity index (χ2v) is 3.64. The highest BCUT2D eigenvalue weighted by Gasteiger charge is 1.97. The van der Waals surface area contributed by atoms with E-state index in [0.29, 0.717) is 5.25 Å². The topological polar surface area (TPSA) is 9.23 Å². The molecule has 0 aromatic heterocycles. The van der Waals surface area contributed by atoms with E-state index >= 15 is 0 Å². The molecule has 2 heteroatoms. The van der Waals surface area contributed by atoms with Gasteiger partial charge in [0.1, 0.15) is 0 Å². The molecule has 0 aliphatic rings. The predicted octanol–water partition coefficient (Wildman–Crippen LogP) is 2.33.